The van der Waals surface area contributed by atoms with E-state index in [4.69, 9.17) is 479 Å². The van der Waals surface area contributed by atoms with Crippen molar-refractivity contribution < 1.29 is 509 Å². The molecule has 108 nitrogen and oxygen atoms in total. The average molecular weight is 2980 g/mol. The van der Waals surface area contributed by atoms with E-state index in [9.17, 15) is 0 Å². The van der Waals surface area contributed by atoms with Gasteiger partial charge in [-0.1, -0.05) is 0 Å². The fourth-order valence-corrected chi connectivity index (χ4v) is 0. The van der Waals surface area contributed by atoms with Crippen LogP contribution in [0, 0.1) is 0 Å². The molecule has 0 saturated heterocycles. The SMILES string of the molecule is O=S(O)O.O=S(O)O.O=S(O)O.O=S(O)O.O=S(O)O.O=S(O)O.O=S(O)O.O=S(O)O.O=S(O)O.O=S(O)O.O=S(O)O.O=S(O)O.O=S(O)O.O=S(O)O.O=S(O)O.O=S(O)O.O=S(O)O.O=S(O)O.O=S(O)O.O=S(O)O.O=S(O)O.O=S(O)O.O=S(O)O.O=S(O)O.O=S(O)O.O=S(O)O.O=S(O)O.O=S(O)O.O=S(O)O.O=S(O)O.O=S(O)O.O=S(O)O.O=S(O)O.O=S(O)O.O=S(O)O.O=S([O-])O.[Na+]. The van der Waals surface area contributed by atoms with E-state index >= 15 is 0 Å². The molecule has 145 heteroatoms. The first-order valence-electron chi connectivity index (χ1n) is 19.1. The van der Waals surface area contributed by atoms with Gasteiger partial charge in [0.15, 0.2) is 0 Å². The minimum absolute atomic E-state index is 0. The molecule has 0 spiro atoms. The summed E-state index contributed by atoms with van der Waals surface area (Å²) in [5.41, 5.74) is 0. The Morgan fingerprint density at radius 2 is 0.0690 bits per heavy atom. The predicted octanol–water partition coefficient (Wildman–Crippen LogP) is -14.8. The number of rotatable bonds is 0. The molecule has 0 fully saturated rings. The summed E-state index contributed by atoms with van der Waals surface area (Å²) < 4.78 is 823. The summed E-state index contributed by atoms with van der Waals surface area (Å²) in [5, 5.41) is 0. The van der Waals surface area contributed by atoms with Crippen molar-refractivity contribution in [2.45, 2.75) is 0 Å². The maximum atomic E-state index is 8.67. The molecule has 0 aliphatic carbocycles. The standard InChI is InChI=1S/Na.36H2O3S/c;36*1-4(2)3/h;36*(H2,1,2,3)/q+1;;;;;;;;;;;;;;;;;;;;;;;;;;;;;;;;;;;;/p-1. The van der Waals surface area contributed by atoms with Crippen molar-refractivity contribution in [2.24, 2.45) is 0 Å². The zero-order valence-electron chi connectivity index (χ0n) is 62.6. The van der Waals surface area contributed by atoms with E-state index in [1.54, 1.807) is 0 Å². The van der Waals surface area contributed by atoms with Gasteiger partial charge in [0, 0.05) is 0 Å². The molecule has 0 amide bonds. The van der Waals surface area contributed by atoms with Gasteiger partial charge in [0.2, 0.25) is 0 Å². The molecular formula is H71NaO108S36. The summed E-state index contributed by atoms with van der Waals surface area (Å²) in [7, 11) is 0. The van der Waals surface area contributed by atoms with Crippen LogP contribution in [-0.4, -0.2) is 479 Å². The van der Waals surface area contributed by atoms with E-state index in [0.29, 0.717) is 0 Å². The Kier molecular flexibility index (Phi) is 456. The molecule has 71 N–H and O–H groups in total. The monoisotopic (exact) mass is 2970 g/mol. The Bertz CT molecular complexity index is 2070. The van der Waals surface area contributed by atoms with Crippen molar-refractivity contribution in [2.75, 3.05) is 0 Å². The van der Waals surface area contributed by atoms with Crippen LogP contribution < -0.4 is 29.6 Å². The van der Waals surface area contributed by atoms with Crippen molar-refractivity contribution >= 4 is 409 Å². The molecule has 1 atom stereocenters. The summed E-state index contributed by atoms with van der Waals surface area (Å²) in [6, 6.07) is 0. The van der Waals surface area contributed by atoms with Crippen LogP contribution in [0.4, 0.5) is 0 Å². The van der Waals surface area contributed by atoms with Gasteiger partial charge in [0.1, 0.15) is 0 Å². The van der Waals surface area contributed by atoms with E-state index in [0.717, 1.165) is 0 Å². The number of hydrogen-bond acceptors (Lipinski definition) is 37. The Labute approximate surface area is 908 Å². The summed E-state index contributed by atoms with van der Waals surface area (Å²) in [6.07, 6.45) is 0. The van der Waals surface area contributed by atoms with Crippen LogP contribution in [0.5, 0.6) is 0 Å². The molecule has 0 aliphatic rings. The summed E-state index contributed by atoms with van der Waals surface area (Å²) in [4.78, 5) is 0. The third-order valence-electron chi connectivity index (χ3n) is 0. The van der Waals surface area contributed by atoms with Gasteiger partial charge in [-0.05, 0) is 0 Å². The Hall–Kier alpha value is 3.52. The van der Waals surface area contributed by atoms with E-state index in [-0.39, 0.29) is 29.6 Å². The van der Waals surface area contributed by atoms with Gasteiger partial charge in [-0.2, -0.15) is 147 Å². The van der Waals surface area contributed by atoms with Crippen LogP contribution in [0.1, 0.15) is 0 Å². The first-order valence-corrected chi connectivity index (χ1v) is 57.4. The quantitative estimate of drug-likeness (QED) is 0.0791. The zero-order valence-corrected chi connectivity index (χ0v) is 93.9. The maximum absolute atomic E-state index is 8.67. The molecule has 0 rings (SSSR count). The van der Waals surface area contributed by atoms with Gasteiger partial charge in [-0.3, -0.25) is 319 Å². The molecule has 0 aromatic heterocycles. The van der Waals surface area contributed by atoms with Crippen LogP contribution in [-0.2, 0) is 409 Å². The first-order chi connectivity index (χ1) is 62.4. The Balaban J connectivity index is -0.0000000236. The second-order valence-electron chi connectivity index (χ2n) is 8.29. The number of hydrogen-bond donors (Lipinski definition) is 71. The molecule has 0 bridgehead atoms. The molecular weight excluding hydrogens is 2910 g/mol. The van der Waals surface area contributed by atoms with E-state index < -0.39 is 409 Å². The maximum Gasteiger partial charge on any atom is 1.00 e. The Morgan fingerprint density at radius 1 is 0.0690 bits per heavy atom. The van der Waals surface area contributed by atoms with Gasteiger partial charge >= 0.3 is 29.6 Å². The van der Waals surface area contributed by atoms with Gasteiger partial charge < -0.3 is 9.11 Å². The van der Waals surface area contributed by atoms with Crippen LogP contribution in [0.3, 0.4) is 0 Å². The normalized spacial score (nSPS) is 8.88. The van der Waals surface area contributed by atoms with Crippen LogP contribution in [0.25, 0.3) is 0 Å². The van der Waals surface area contributed by atoms with Gasteiger partial charge in [-0.15, -0.1) is 0 Å². The van der Waals surface area contributed by atoms with Crippen molar-refractivity contribution in [1.82, 2.24) is 0 Å². The zero-order chi connectivity index (χ0) is 129. The second kappa shape index (κ2) is 255. The fourth-order valence-electron chi connectivity index (χ4n) is 0. The van der Waals surface area contributed by atoms with Crippen molar-refractivity contribution in [3.05, 3.63) is 0 Å². The predicted molar refractivity (Wildman–Crippen MR) is 481 cm³/mol. The van der Waals surface area contributed by atoms with Crippen LogP contribution in [0.15, 0.2) is 0 Å². The van der Waals surface area contributed by atoms with E-state index in [2.05, 4.69) is 0 Å². The largest absolute Gasteiger partial charge is 1.00 e. The van der Waals surface area contributed by atoms with Gasteiger partial charge in [0.05, 0.1) is 11.4 Å². The molecule has 0 aromatic rings. The van der Waals surface area contributed by atoms with E-state index in [1.165, 1.54) is 0 Å². The fraction of sp³-hybridized carbons (Fsp3) is 0. The van der Waals surface area contributed by atoms with Crippen molar-refractivity contribution in [1.29, 1.82) is 0 Å². The van der Waals surface area contributed by atoms with Gasteiger partial charge in [0.25, 0.3) is 398 Å². The molecule has 0 radical (unpaired) electrons. The molecule has 0 aromatic carbocycles. The first kappa shape index (κ1) is 260. The smallest absolute Gasteiger partial charge is 0.750 e. The third-order valence-corrected chi connectivity index (χ3v) is 0. The topological polar surface area (TPSA) is 2070 Å². The Morgan fingerprint density at radius 3 is 0.0690 bits per heavy atom. The van der Waals surface area contributed by atoms with Gasteiger partial charge in [-0.25, -0.2) is 4.21 Å². The van der Waals surface area contributed by atoms with E-state index in [1.807, 2.05) is 0 Å². The molecule has 145 heavy (non-hydrogen) atoms. The molecule has 0 saturated carbocycles. The van der Waals surface area contributed by atoms with Crippen LogP contribution >= 0.6 is 0 Å². The molecule has 0 aliphatic heterocycles. The minimum atomic E-state index is -2.86. The molecule has 1 unspecified atom stereocenters. The summed E-state index contributed by atoms with van der Waals surface area (Å²) >= 11 is -94.3. The second-order valence-corrected chi connectivity index (χ2v) is 24.9. The van der Waals surface area contributed by atoms with Crippen LogP contribution in [0.2, 0.25) is 0 Å². The molecule has 936 valence electrons. The van der Waals surface area contributed by atoms with Crippen molar-refractivity contribution in [3.63, 3.8) is 0 Å². The summed E-state index contributed by atoms with van der Waals surface area (Å²) in [6.45, 7) is 0. The minimum Gasteiger partial charge on any atom is -0.750 e. The van der Waals surface area contributed by atoms with Crippen molar-refractivity contribution in [3.8, 4) is 0 Å². The molecule has 0 heterocycles. The average Bonchev–Trinajstić information content (AvgIpc) is 3.42. The summed E-state index contributed by atoms with van der Waals surface area (Å²) in [5.74, 6) is 0. The third kappa shape index (κ3) is 252000.